The van der Waals surface area contributed by atoms with Gasteiger partial charge in [-0.15, -0.1) is 0 Å². The predicted molar refractivity (Wildman–Crippen MR) is 78.0 cm³/mol. The lowest BCUT2D eigenvalue weighted by Gasteiger charge is -2.13. The van der Waals surface area contributed by atoms with Crippen LogP contribution in [0, 0.1) is 0 Å². The minimum absolute atomic E-state index is 0.149. The average Bonchev–Trinajstić information content (AvgIpc) is 3.27. The molecule has 112 valence electrons. The fourth-order valence-electron chi connectivity index (χ4n) is 2.29. The Labute approximate surface area is 120 Å². The van der Waals surface area contributed by atoms with E-state index in [1.54, 1.807) is 12.3 Å². The summed E-state index contributed by atoms with van der Waals surface area (Å²) in [4.78, 5) is 0.394. The molecule has 5 nitrogen and oxygen atoms in total. The van der Waals surface area contributed by atoms with Crippen LogP contribution in [-0.4, -0.2) is 25.1 Å². The molecule has 3 rings (SSSR count). The van der Waals surface area contributed by atoms with Crippen LogP contribution in [-0.2, 0) is 16.6 Å². The molecule has 1 aromatic rings. The zero-order chi connectivity index (χ0) is 14.3. The van der Waals surface area contributed by atoms with Gasteiger partial charge in [-0.25, -0.2) is 13.1 Å². The Morgan fingerprint density at radius 1 is 1.25 bits per heavy atom. The van der Waals surface area contributed by atoms with E-state index < -0.39 is 10.0 Å². The normalized spacial score (nSPS) is 19.8. The summed E-state index contributed by atoms with van der Waals surface area (Å²) >= 11 is 0. The van der Waals surface area contributed by atoms with Crippen molar-refractivity contribution in [2.24, 2.45) is 0 Å². The van der Waals surface area contributed by atoms with E-state index in [1.807, 2.05) is 0 Å². The van der Waals surface area contributed by atoms with Crippen molar-refractivity contribution < 1.29 is 8.42 Å². The Morgan fingerprint density at radius 3 is 2.45 bits per heavy atom. The second kappa shape index (κ2) is 5.16. The molecule has 0 spiro atoms. The van der Waals surface area contributed by atoms with Crippen molar-refractivity contribution in [1.82, 2.24) is 14.6 Å². The Bertz CT molecular complexity index is 584. The molecule has 0 aromatic carbocycles. The molecular weight excluding hydrogens is 274 g/mol. The molecule has 0 amide bonds. The first-order chi connectivity index (χ1) is 9.45. The second-order valence-electron chi connectivity index (χ2n) is 6.22. The van der Waals surface area contributed by atoms with Gasteiger partial charge in [0.05, 0.1) is 4.90 Å². The molecule has 0 aliphatic heterocycles. The van der Waals surface area contributed by atoms with E-state index >= 15 is 0 Å². The zero-order valence-electron chi connectivity index (χ0n) is 12.1. The first kappa shape index (κ1) is 14.1. The molecule has 0 atom stereocenters. The van der Waals surface area contributed by atoms with Crippen LogP contribution in [0.1, 0.15) is 51.3 Å². The monoisotopic (exact) mass is 297 g/mol. The van der Waals surface area contributed by atoms with Crippen LogP contribution in [0.25, 0.3) is 0 Å². The van der Waals surface area contributed by atoms with Gasteiger partial charge in [0.2, 0.25) is 10.0 Å². The lowest BCUT2D eigenvalue weighted by Crippen LogP contribution is -2.25. The smallest absolute Gasteiger partial charge is 0.242 e. The fourth-order valence-corrected chi connectivity index (χ4v) is 3.65. The molecule has 2 aliphatic carbocycles. The molecular formula is C14H23N3O2S. The maximum Gasteiger partial charge on any atom is 0.242 e. The van der Waals surface area contributed by atoms with Crippen molar-refractivity contribution in [2.45, 2.75) is 69.1 Å². The highest BCUT2D eigenvalue weighted by molar-refractivity contribution is 7.89. The molecule has 6 heteroatoms. The van der Waals surface area contributed by atoms with E-state index in [0.717, 1.165) is 25.1 Å². The number of sulfonamides is 1. The van der Waals surface area contributed by atoms with Gasteiger partial charge in [-0.3, -0.25) is 0 Å². The summed E-state index contributed by atoms with van der Waals surface area (Å²) in [5, 5.41) is 3.45. The zero-order valence-corrected chi connectivity index (χ0v) is 12.9. The molecule has 20 heavy (non-hydrogen) atoms. The molecule has 0 saturated heterocycles. The Morgan fingerprint density at radius 2 is 1.90 bits per heavy atom. The summed E-state index contributed by atoms with van der Waals surface area (Å²) < 4.78 is 29.3. The van der Waals surface area contributed by atoms with Crippen LogP contribution in [0.2, 0.25) is 0 Å². The summed E-state index contributed by atoms with van der Waals surface area (Å²) in [6.07, 6.45) is 6.15. The Balaban J connectivity index is 1.81. The van der Waals surface area contributed by atoms with Crippen LogP contribution in [0.5, 0.6) is 0 Å². The van der Waals surface area contributed by atoms with Crippen LogP contribution in [0.15, 0.2) is 17.2 Å². The minimum atomic E-state index is -3.35. The van der Waals surface area contributed by atoms with Gasteiger partial charge in [-0.05, 0) is 45.6 Å². The summed E-state index contributed by atoms with van der Waals surface area (Å²) in [6, 6.07) is 2.83. The molecule has 1 aromatic heterocycles. The third-order valence-corrected chi connectivity index (χ3v) is 5.31. The highest BCUT2D eigenvalue weighted by Crippen LogP contribution is 2.25. The third kappa shape index (κ3) is 3.24. The van der Waals surface area contributed by atoms with Crippen molar-refractivity contribution in [3.8, 4) is 0 Å². The van der Waals surface area contributed by atoms with E-state index in [2.05, 4.69) is 28.5 Å². The van der Waals surface area contributed by atoms with Gasteiger partial charge in [-0.2, -0.15) is 0 Å². The van der Waals surface area contributed by atoms with Crippen LogP contribution in [0.4, 0.5) is 0 Å². The maximum absolute atomic E-state index is 12.3. The Hall–Kier alpha value is -0.850. The first-order valence-electron chi connectivity index (χ1n) is 7.42. The third-order valence-electron chi connectivity index (χ3n) is 3.82. The van der Waals surface area contributed by atoms with Gasteiger partial charge >= 0.3 is 0 Å². The van der Waals surface area contributed by atoms with Crippen molar-refractivity contribution in [2.75, 3.05) is 0 Å². The number of rotatable bonds is 7. The lowest BCUT2D eigenvalue weighted by molar-refractivity contribution is 0.549. The number of hydrogen-bond donors (Lipinski definition) is 2. The standard InChI is InChI=1S/C14H23N3O2S/c1-10(2)17-9-14(20(18,19)16-12-5-6-12)7-13(17)8-15-11-3-4-11/h7,9-12,15-16H,3-6,8H2,1-2H3. The minimum Gasteiger partial charge on any atom is -0.346 e. The topological polar surface area (TPSA) is 63.1 Å². The maximum atomic E-state index is 12.3. The van der Waals surface area contributed by atoms with E-state index in [0.29, 0.717) is 10.9 Å². The van der Waals surface area contributed by atoms with Crippen molar-refractivity contribution >= 4 is 10.0 Å². The quantitative estimate of drug-likeness (QED) is 0.806. The molecule has 2 fully saturated rings. The predicted octanol–water partition coefficient (Wildman–Crippen LogP) is 1.76. The summed E-state index contributed by atoms with van der Waals surface area (Å²) in [7, 11) is -3.35. The molecule has 2 saturated carbocycles. The number of aromatic nitrogens is 1. The fraction of sp³-hybridized carbons (Fsp3) is 0.714. The number of hydrogen-bond acceptors (Lipinski definition) is 3. The highest BCUT2D eigenvalue weighted by atomic mass is 32.2. The van der Waals surface area contributed by atoms with Gasteiger partial charge < -0.3 is 9.88 Å². The largest absolute Gasteiger partial charge is 0.346 e. The van der Waals surface area contributed by atoms with Crippen molar-refractivity contribution in [3.63, 3.8) is 0 Å². The second-order valence-corrected chi connectivity index (χ2v) is 7.93. The van der Waals surface area contributed by atoms with E-state index in [9.17, 15) is 8.42 Å². The van der Waals surface area contributed by atoms with Crippen LogP contribution in [0.3, 0.4) is 0 Å². The van der Waals surface area contributed by atoms with E-state index in [-0.39, 0.29) is 12.1 Å². The van der Waals surface area contributed by atoms with E-state index in [4.69, 9.17) is 0 Å². The molecule has 1 heterocycles. The molecule has 2 N–H and O–H groups in total. The molecule has 0 radical (unpaired) electrons. The highest BCUT2D eigenvalue weighted by Gasteiger charge is 2.29. The van der Waals surface area contributed by atoms with Gasteiger partial charge in [0, 0.05) is 36.6 Å². The van der Waals surface area contributed by atoms with Gasteiger partial charge in [-0.1, -0.05) is 0 Å². The summed E-state index contributed by atoms with van der Waals surface area (Å²) in [6.45, 7) is 4.89. The lowest BCUT2D eigenvalue weighted by atomic mass is 10.3. The average molecular weight is 297 g/mol. The molecule has 0 unspecified atom stereocenters. The Kier molecular flexibility index (Phi) is 3.64. The number of nitrogens with zero attached hydrogens (tertiary/aromatic N) is 1. The summed E-state index contributed by atoms with van der Waals surface area (Å²) in [5.41, 5.74) is 1.04. The van der Waals surface area contributed by atoms with Crippen molar-refractivity contribution in [1.29, 1.82) is 0 Å². The first-order valence-corrected chi connectivity index (χ1v) is 8.90. The van der Waals surface area contributed by atoms with Crippen molar-refractivity contribution in [3.05, 3.63) is 18.0 Å². The van der Waals surface area contributed by atoms with Gasteiger partial charge in [0.1, 0.15) is 0 Å². The van der Waals surface area contributed by atoms with Gasteiger partial charge in [0.25, 0.3) is 0 Å². The van der Waals surface area contributed by atoms with E-state index in [1.165, 1.54) is 12.8 Å². The van der Waals surface area contributed by atoms with Crippen LogP contribution >= 0.6 is 0 Å². The molecule has 2 aliphatic rings. The number of nitrogens with one attached hydrogen (secondary N) is 2. The SMILES string of the molecule is CC(C)n1cc(S(=O)(=O)NC2CC2)cc1CNC1CC1. The molecule has 0 bridgehead atoms. The van der Waals surface area contributed by atoms with Gasteiger partial charge in [0.15, 0.2) is 0 Å². The van der Waals surface area contributed by atoms with Crippen LogP contribution < -0.4 is 10.0 Å². The summed E-state index contributed by atoms with van der Waals surface area (Å²) in [5.74, 6) is 0.